The Morgan fingerprint density at radius 2 is 1.71 bits per heavy atom. The molecule has 1 aliphatic carbocycles. The molecule has 0 amide bonds. The lowest BCUT2D eigenvalue weighted by atomic mass is 9.69. The lowest BCUT2D eigenvalue weighted by Crippen LogP contribution is -2.22. The van der Waals surface area contributed by atoms with Crippen LogP contribution in [0, 0.1) is 5.92 Å². The second kappa shape index (κ2) is 7.50. The van der Waals surface area contributed by atoms with Crippen molar-refractivity contribution in [1.82, 2.24) is 0 Å². The van der Waals surface area contributed by atoms with Gasteiger partial charge in [0.25, 0.3) is 0 Å². The van der Waals surface area contributed by atoms with E-state index in [1.807, 2.05) is 6.07 Å². The van der Waals surface area contributed by atoms with Gasteiger partial charge in [0.2, 0.25) is 0 Å². The maximum atomic E-state index is 12.5. The first-order valence-electron chi connectivity index (χ1n) is 9.82. The van der Waals surface area contributed by atoms with E-state index < -0.39 is 6.36 Å². The average Bonchev–Trinajstić information content (AvgIpc) is 2.67. The predicted octanol–water partition coefficient (Wildman–Crippen LogP) is 7.23. The second-order valence-corrected chi connectivity index (χ2v) is 7.54. The topological polar surface area (TPSA) is 9.23 Å². The molecule has 0 heterocycles. The summed E-state index contributed by atoms with van der Waals surface area (Å²) < 4.78 is 41.5. The smallest absolute Gasteiger partial charge is 0.406 e. The number of aryl methyl sites for hydroxylation is 1. The van der Waals surface area contributed by atoms with Crippen LogP contribution in [-0.2, 0) is 6.42 Å². The summed E-state index contributed by atoms with van der Waals surface area (Å²) in [7, 11) is 0. The number of benzene rings is 3. The van der Waals surface area contributed by atoms with E-state index in [9.17, 15) is 13.2 Å². The highest BCUT2D eigenvalue weighted by atomic mass is 19.4. The molecule has 0 aromatic heterocycles. The molecule has 146 valence electrons. The van der Waals surface area contributed by atoms with Crippen LogP contribution in [0.2, 0.25) is 0 Å². The first-order valence-corrected chi connectivity index (χ1v) is 9.82. The van der Waals surface area contributed by atoms with Crippen LogP contribution in [0.25, 0.3) is 10.8 Å². The summed E-state index contributed by atoms with van der Waals surface area (Å²) in [6, 6.07) is 19.2. The van der Waals surface area contributed by atoms with Crippen molar-refractivity contribution in [3.8, 4) is 5.75 Å². The normalized spacial score (nSPS) is 19.4. The molecule has 4 rings (SSSR count). The molecular weight excluding hydrogens is 361 g/mol. The zero-order chi connectivity index (χ0) is 19.7. The molecule has 1 nitrogen and oxygen atoms in total. The van der Waals surface area contributed by atoms with Crippen LogP contribution in [0.1, 0.15) is 48.8 Å². The zero-order valence-electron chi connectivity index (χ0n) is 15.8. The van der Waals surface area contributed by atoms with Gasteiger partial charge in [0.15, 0.2) is 0 Å². The van der Waals surface area contributed by atoms with E-state index in [0.717, 1.165) is 31.2 Å². The maximum Gasteiger partial charge on any atom is 0.573 e. The SMILES string of the molecule is CCC[C@@H]1CCc2c(ccc3ccccc23)[C@H]1c1ccc(OC(F)(F)F)cc1. The number of halogens is 3. The number of hydrogen-bond acceptors (Lipinski definition) is 1. The Hall–Kier alpha value is -2.49. The van der Waals surface area contributed by atoms with Crippen LogP contribution in [-0.4, -0.2) is 6.36 Å². The van der Waals surface area contributed by atoms with Gasteiger partial charge in [0, 0.05) is 5.92 Å². The maximum absolute atomic E-state index is 12.5. The fraction of sp³-hybridized carbons (Fsp3) is 0.333. The van der Waals surface area contributed by atoms with Crippen molar-refractivity contribution in [3.63, 3.8) is 0 Å². The molecule has 0 spiro atoms. The zero-order valence-corrected chi connectivity index (χ0v) is 15.8. The van der Waals surface area contributed by atoms with Gasteiger partial charge in [0.05, 0.1) is 0 Å². The van der Waals surface area contributed by atoms with E-state index >= 15 is 0 Å². The Kier molecular flexibility index (Phi) is 5.05. The van der Waals surface area contributed by atoms with Crippen LogP contribution in [0.4, 0.5) is 13.2 Å². The Bertz CT molecular complexity index is 960. The van der Waals surface area contributed by atoms with Gasteiger partial charge in [-0.2, -0.15) is 0 Å². The summed E-state index contributed by atoms with van der Waals surface area (Å²) >= 11 is 0. The number of ether oxygens (including phenoxy) is 1. The molecule has 3 aromatic rings. The largest absolute Gasteiger partial charge is 0.573 e. The van der Waals surface area contributed by atoms with Gasteiger partial charge >= 0.3 is 6.36 Å². The van der Waals surface area contributed by atoms with Gasteiger partial charge in [-0.3, -0.25) is 0 Å². The van der Waals surface area contributed by atoms with Crippen LogP contribution in [0.5, 0.6) is 5.75 Å². The van der Waals surface area contributed by atoms with E-state index in [4.69, 9.17) is 0 Å². The third-order valence-corrected chi connectivity index (χ3v) is 5.78. The molecule has 0 aliphatic heterocycles. The van der Waals surface area contributed by atoms with Crippen LogP contribution < -0.4 is 4.74 Å². The van der Waals surface area contributed by atoms with Crippen molar-refractivity contribution < 1.29 is 17.9 Å². The third-order valence-electron chi connectivity index (χ3n) is 5.78. The van der Waals surface area contributed by atoms with E-state index in [1.54, 1.807) is 12.1 Å². The third kappa shape index (κ3) is 3.73. The number of fused-ring (bicyclic) bond motifs is 3. The van der Waals surface area contributed by atoms with E-state index in [0.29, 0.717) is 5.92 Å². The van der Waals surface area contributed by atoms with E-state index in [2.05, 4.69) is 42.0 Å². The van der Waals surface area contributed by atoms with Gasteiger partial charge in [-0.15, -0.1) is 13.2 Å². The molecule has 0 saturated heterocycles. The summed E-state index contributed by atoms with van der Waals surface area (Å²) in [6.45, 7) is 2.19. The van der Waals surface area contributed by atoms with Gasteiger partial charge < -0.3 is 4.74 Å². The van der Waals surface area contributed by atoms with Gasteiger partial charge in [0.1, 0.15) is 5.75 Å². The summed E-state index contributed by atoms with van der Waals surface area (Å²) in [4.78, 5) is 0. The summed E-state index contributed by atoms with van der Waals surface area (Å²) in [5, 5.41) is 2.53. The number of rotatable bonds is 4. The summed E-state index contributed by atoms with van der Waals surface area (Å²) in [6.07, 6.45) is -0.312. The Labute approximate surface area is 163 Å². The highest BCUT2D eigenvalue weighted by Crippen LogP contribution is 2.45. The molecule has 0 radical (unpaired) electrons. The van der Waals surface area contributed by atoms with Crippen molar-refractivity contribution in [2.45, 2.75) is 44.9 Å². The quantitative estimate of drug-likeness (QED) is 0.461. The fourth-order valence-electron chi connectivity index (χ4n) is 4.68. The molecule has 3 aromatic carbocycles. The molecule has 28 heavy (non-hydrogen) atoms. The van der Waals surface area contributed by atoms with Crippen molar-refractivity contribution in [2.75, 3.05) is 0 Å². The Morgan fingerprint density at radius 1 is 0.964 bits per heavy atom. The standard InChI is InChI=1S/C24H23F3O/c1-2-5-17-11-14-21-20-7-4-3-6-16(20)10-15-22(21)23(17)18-8-12-19(13-9-18)28-24(25,26)27/h3-4,6-10,12-13,15,17,23H,2,5,11,14H2,1H3/t17-,23-/m1/s1. The minimum Gasteiger partial charge on any atom is -0.406 e. The van der Waals surface area contributed by atoms with Crippen LogP contribution in [0.3, 0.4) is 0 Å². The summed E-state index contributed by atoms with van der Waals surface area (Å²) in [5.74, 6) is 0.527. The van der Waals surface area contributed by atoms with Crippen LogP contribution in [0.15, 0.2) is 60.7 Å². The number of hydrogen-bond donors (Lipinski definition) is 0. The Morgan fingerprint density at radius 3 is 2.43 bits per heavy atom. The molecule has 0 saturated carbocycles. The average molecular weight is 384 g/mol. The highest BCUT2D eigenvalue weighted by Gasteiger charge is 2.33. The van der Waals surface area contributed by atoms with Crippen molar-refractivity contribution in [3.05, 3.63) is 77.4 Å². The van der Waals surface area contributed by atoms with E-state index in [1.165, 1.54) is 34.0 Å². The molecule has 0 fully saturated rings. The van der Waals surface area contributed by atoms with Gasteiger partial charge in [-0.25, -0.2) is 0 Å². The molecule has 0 bridgehead atoms. The van der Waals surface area contributed by atoms with Crippen molar-refractivity contribution >= 4 is 10.8 Å². The minimum atomic E-state index is -4.66. The first kappa shape index (κ1) is 18.9. The van der Waals surface area contributed by atoms with Crippen molar-refractivity contribution in [1.29, 1.82) is 0 Å². The lowest BCUT2D eigenvalue weighted by molar-refractivity contribution is -0.274. The lowest BCUT2D eigenvalue weighted by Gasteiger charge is -2.35. The second-order valence-electron chi connectivity index (χ2n) is 7.54. The predicted molar refractivity (Wildman–Crippen MR) is 106 cm³/mol. The molecule has 0 N–H and O–H groups in total. The van der Waals surface area contributed by atoms with Gasteiger partial charge in [-0.1, -0.05) is 61.9 Å². The molecule has 2 atom stereocenters. The van der Waals surface area contributed by atoms with Crippen molar-refractivity contribution in [2.24, 2.45) is 5.92 Å². The Balaban J connectivity index is 1.76. The molecule has 4 heteroatoms. The molecule has 1 aliphatic rings. The fourth-order valence-corrected chi connectivity index (χ4v) is 4.68. The monoisotopic (exact) mass is 384 g/mol. The molecule has 0 unspecified atom stereocenters. The first-order chi connectivity index (χ1) is 13.5. The summed E-state index contributed by atoms with van der Waals surface area (Å²) in [5.41, 5.74) is 3.75. The highest BCUT2D eigenvalue weighted by molar-refractivity contribution is 5.87. The van der Waals surface area contributed by atoms with Crippen LogP contribution >= 0.6 is 0 Å². The number of alkyl halides is 3. The van der Waals surface area contributed by atoms with E-state index in [-0.39, 0.29) is 11.7 Å². The van der Waals surface area contributed by atoms with Gasteiger partial charge in [-0.05, 0) is 64.8 Å². The minimum absolute atomic E-state index is 0.169. The molecular formula is C24H23F3O.